The molecular formula is C19H33N. The second kappa shape index (κ2) is 7.83. The molecule has 0 aliphatic rings. The van der Waals surface area contributed by atoms with Crippen molar-refractivity contribution in [2.45, 2.75) is 84.7 Å². The maximum absolute atomic E-state index is 3.71. The molecule has 2 atom stereocenters. The van der Waals surface area contributed by atoms with Crippen LogP contribution in [-0.4, -0.2) is 6.04 Å². The Balaban J connectivity index is 2.53. The molecule has 1 nitrogen and oxygen atoms in total. The molecule has 1 aromatic carbocycles. The topological polar surface area (TPSA) is 12.0 Å². The van der Waals surface area contributed by atoms with Gasteiger partial charge in [-0.2, -0.15) is 0 Å². The number of hydrogen-bond acceptors (Lipinski definition) is 1. The van der Waals surface area contributed by atoms with Crippen LogP contribution in [0.4, 0.5) is 0 Å². The van der Waals surface area contributed by atoms with Crippen LogP contribution in [0.5, 0.6) is 0 Å². The van der Waals surface area contributed by atoms with Gasteiger partial charge in [-0.25, -0.2) is 0 Å². The van der Waals surface area contributed by atoms with Gasteiger partial charge in [0.05, 0.1) is 0 Å². The van der Waals surface area contributed by atoms with Gasteiger partial charge in [-0.3, -0.25) is 0 Å². The molecule has 0 aliphatic carbocycles. The van der Waals surface area contributed by atoms with E-state index < -0.39 is 0 Å². The molecule has 1 rings (SSSR count). The van der Waals surface area contributed by atoms with Crippen LogP contribution in [0.25, 0.3) is 0 Å². The summed E-state index contributed by atoms with van der Waals surface area (Å²) in [5, 5.41) is 3.71. The van der Waals surface area contributed by atoms with Gasteiger partial charge in [0.25, 0.3) is 0 Å². The van der Waals surface area contributed by atoms with E-state index in [0.29, 0.717) is 12.1 Å². The molecule has 0 aliphatic heterocycles. The summed E-state index contributed by atoms with van der Waals surface area (Å²) in [5.74, 6) is 0. The second-order valence-electron chi connectivity index (χ2n) is 7.16. The monoisotopic (exact) mass is 275 g/mol. The summed E-state index contributed by atoms with van der Waals surface area (Å²) in [6, 6.07) is 10.1. The molecule has 1 heteroatoms. The Labute approximate surface area is 126 Å². The van der Waals surface area contributed by atoms with Crippen LogP contribution in [0.3, 0.4) is 0 Å². The lowest BCUT2D eigenvalue weighted by Crippen LogP contribution is -2.28. The third-order valence-electron chi connectivity index (χ3n) is 4.05. The van der Waals surface area contributed by atoms with Gasteiger partial charge in [-0.05, 0) is 36.8 Å². The Morgan fingerprint density at radius 2 is 1.60 bits per heavy atom. The van der Waals surface area contributed by atoms with Gasteiger partial charge in [-0.1, -0.05) is 71.2 Å². The van der Waals surface area contributed by atoms with Gasteiger partial charge in [0.1, 0.15) is 0 Å². The fourth-order valence-corrected chi connectivity index (χ4v) is 2.58. The van der Waals surface area contributed by atoms with Gasteiger partial charge in [0.2, 0.25) is 0 Å². The summed E-state index contributed by atoms with van der Waals surface area (Å²) in [7, 11) is 0. The van der Waals surface area contributed by atoms with Gasteiger partial charge in [-0.15, -0.1) is 0 Å². The van der Waals surface area contributed by atoms with Crippen LogP contribution in [0.15, 0.2) is 24.3 Å². The molecule has 0 saturated heterocycles. The minimum Gasteiger partial charge on any atom is -0.308 e. The molecule has 0 saturated carbocycles. The van der Waals surface area contributed by atoms with E-state index in [2.05, 4.69) is 71.1 Å². The SMILES string of the molecule is CCCCCC(C)NC(C)c1ccc(C(C)(C)C)cc1. The number of nitrogens with one attached hydrogen (secondary N) is 1. The first-order chi connectivity index (χ1) is 9.34. The van der Waals surface area contributed by atoms with E-state index in [4.69, 9.17) is 0 Å². The molecular weight excluding hydrogens is 242 g/mol. The van der Waals surface area contributed by atoms with Crippen molar-refractivity contribution in [1.82, 2.24) is 5.32 Å². The highest BCUT2D eigenvalue weighted by Crippen LogP contribution is 2.24. The zero-order valence-electron chi connectivity index (χ0n) is 14.3. The van der Waals surface area contributed by atoms with Crippen molar-refractivity contribution in [2.24, 2.45) is 0 Å². The Hall–Kier alpha value is -0.820. The number of rotatable bonds is 7. The van der Waals surface area contributed by atoms with E-state index in [9.17, 15) is 0 Å². The number of unbranched alkanes of at least 4 members (excludes halogenated alkanes) is 2. The molecule has 0 radical (unpaired) electrons. The summed E-state index contributed by atoms with van der Waals surface area (Å²) < 4.78 is 0. The third-order valence-corrected chi connectivity index (χ3v) is 4.05. The zero-order chi connectivity index (χ0) is 15.2. The minimum absolute atomic E-state index is 0.239. The van der Waals surface area contributed by atoms with E-state index >= 15 is 0 Å². The fraction of sp³-hybridized carbons (Fsp3) is 0.684. The van der Waals surface area contributed by atoms with E-state index in [-0.39, 0.29) is 5.41 Å². The Morgan fingerprint density at radius 1 is 1.00 bits per heavy atom. The first kappa shape index (κ1) is 17.2. The van der Waals surface area contributed by atoms with Gasteiger partial charge >= 0.3 is 0 Å². The van der Waals surface area contributed by atoms with Gasteiger partial charge in [0.15, 0.2) is 0 Å². The van der Waals surface area contributed by atoms with Crippen molar-refractivity contribution < 1.29 is 0 Å². The molecule has 0 aromatic heterocycles. The zero-order valence-corrected chi connectivity index (χ0v) is 14.3. The molecule has 20 heavy (non-hydrogen) atoms. The normalized spacial score (nSPS) is 15.1. The Bertz CT molecular complexity index is 372. The molecule has 2 unspecified atom stereocenters. The summed E-state index contributed by atoms with van der Waals surface area (Å²) in [6.07, 6.45) is 5.26. The largest absolute Gasteiger partial charge is 0.308 e. The van der Waals surface area contributed by atoms with Crippen molar-refractivity contribution in [2.75, 3.05) is 0 Å². The van der Waals surface area contributed by atoms with Crippen LogP contribution >= 0.6 is 0 Å². The smallest absolute Gasteiger partial charge is 0.0294 e. The molecule has 0 fully saturated rings. The lowest BCUT2D eigenvalue weighted by Gasteiger charge is -2.23. The quantitative estimate of drug-likeness (QED) is 0.638. The van der Waals surface area contributed by atoms with Crippen molar-refractivity contribution >= 4 is 0 Å². The highest BCUT2D eigenvalue weighted by atomic mass is 14.9. The first-order valence-electron chi connectivity index (χ1n) is 8.21. The van der Waals surface area contributed by atoms with Crippen molar-refractivity contribution in [3.05, 3.63) is 35.4 Å². The molecule has 1 aromatic rings. The molecule has 0 bridgehead atoms. The molecule has 0 spiro atoms. The summed E-state index contributed by atoms with van der Waals surface area (Å²) in [4.78, 5) is 0. The molecule has 0 heterocycles. The molecule has 1 N–H and O–H groups in total. The Kier molecular flexibility index (Phi) is 6.75. The first-order valence-corrected chi connectivity index (χ1v) is 8.21. The summed E-state index contributed by atoms with van der Waals surface area (Å²) >= 11 is 0. The standard InChI is InChI=1S/C19H33N/c1-7-8-9-10-15(2)20-16(3)17-11-13-18(14-12-17)19(4,5)6/h11-16,20H,7-10H2,1-6H3. The predicted octanol–water partition coefficient (Wildman–Crippen LogP) is 5.60. The maximum atomic E-state index is 3.71. The van der Waals surface area contributed by atoms with Crippen LogP contribution < -0.4 is 5.32 Å². The fourth-order valence-electron chi connectivity index (χ4n) is 2.58. The maximum Gasteiger partial charge on any atom is 0.0294 e. The van der Waals surface area contributed by atoms with Crippen LogP contribution in [0, 0.1) is 0 Å². The van der Waals surface area contributed by atoms with E-state index in [1.165, 1.54) is 36.8 Å². The lowest BCUT2D eigenvalue weighted by atomic mass is 9.86. The van der Waals surface area contributed by atoms with E-state index in [1.807, 2.05) is 0 Å². The average molecular weight is 275 g/mol. The number of hydrogen-bond donors (Lipinski definition) is 1. The summed E-state index contributed by atoms with van der Waals surface area (Å²) in [6.45, 7) is 13.6. The minimum atomic E-state index is 0.239. The Morgan fingerprint density at radius 3 is 2.10 bits per heavy atom. The lowest BCUT2D eigenvalue weighted by molar-refractivity contribution is 0.440. The summed E-state index contributed by atoms with van der Waals surface area (Å²) in [5.41, 5.74) is 3.03. The van der Waals surface area contributed by atoms with Gasteiger partial charge < -0.3 is 5.32 Å². The third kappa shape index (κ3) is 5.66. The van der Waals surface area contributed by atoms with Gasteiger partial charge in [0, 0.05) is 12.1 Å². The van der Waals surface area contributed by atoms with Crippen LogP contribution in [-0.2, 0) is 5.41 Å². The van der Waals surface area contributed by atoms with E-state index in [0.717, 1.165) is 0 Å². The van der Waals surface area contributed by atoms with Crippen LogP contribution in [0.1, 0.15) is 84.4 Å². The van der Waals surface area contributed by atoms with Crippen molar-refractivity contribution in [3.63, 3.8) is 0 Å². The number of benzene rings is 1. The second-order valence-corrected chi connectivity index (χ2v) is 7.16. The molecule has 114 valence electrons. The highest BCUT2D eigenvalue weighted by molar-refractivity contribution is 5.29. The predicted molar refractivity (Wildman–Crippen MR) is 90.3 cm³/mol. The van der Waals surface area contributed by atoms with Crippen molar-refractivity contribution in [1.29, 1.82) is 0 Å². The van der Waals surface area contributed by atoms with Crippen molar-refractivity contribution in [3.8, 4) is 0 Å². The van der Waals surface area contributed by atoms with Crippen LogP contribution in [0.2, 0.25) is 0 Å². The average Bonchev–Trinajstić information content (AvgIpc) is 2.38. The highest BCUT2D eigenvalue weighted by Gasteiger charge is 2.14. The van der Waals surface area contributed by atoms with E-state index in [1.54, 1.807) is 0 Å². The molecule has 0 amide bonds.